The van der Waals surface area contributed by atoms with Crippen molar-refractivity contribution >= 4 is 11.6 Å². The molecule has 1 atom stereocenters. The van der Waals surface area contributed by atoms with Gasteiger partial charge in [0.25, 0.3) is 5.78 Å². The number of halogens is 5. The lowest BCUT2D eigenvalue weighted by molar-refractivity contribution is -0.141. The van der Waals surface area contributed by atoms with Crippen LogP contribution < -0.4 is 4.90 Å². The molecule has 1 aliphatic heterocycles. The summed E-state index contributed by atoms with van der Waals surface area (Å²) in [4.78, 5) is 11.1. The van der Waals surface area contributed by atoms with Crippen LogP contribution in [-0.4, -0.2) is 50.7 Å². The summed E-state index contributed by atoms with van der Waals surface area (Å²) < 4.78 is 68.1. The van der Waals surface area contributed by atoms with Crippen molar-refractivity contribution < 1.29 is 22.0 Å². The molecule has 0 spiro atoms. The van der Waals surface area contributed by atoms with Crippen molar-refractivity contribution in [2.24, 2.45) is 0 Å². The van der Waals surface area contributed by atoms with Crippen molar-refractivity contribution in [3.05, 3.63) is 53.5 Å². The zero-order chi connectivity index (χ0) is 20.8. The molecule has 0 amide bonds. The molecule has 0 radical (unpaired) electrons. The van der Waals surface area contributed by atoms with Crippen LogP contribution in [0.15, 0.2) is 30.6 Å². The van der Waals surface area contributed by atoms with Crippen molar-refractivity contribution in [3.63, 3.8) is 0 Å². The first-order valence-electron chi connectivity index (χ1n) is 8.96. The zero-order valence-electron chi connectivity index (χ0n) is 15.4. The monoisotopic (exact) mass is 412 g/mol. The first kappa shape index (κ1) is 19.5. The van der Waals surface area contributed by atoms with Gasteiger partial charge in [-0.15, -0.1) is 0 Å². The molecular weight excluding hydrogens is 395 g/mol. The average molecular weight is 412 g/mol. The number of piperazine rings is 1. The van der Waals surface area contributed by atoms with Gasteiger partial charge in [0, 0.05) is 49.9 Å². The third-order valence-corrected chi connectivity index (χ3v) is 5.12. The average Bonchev–Trinajstić information content (AvgIpc) is 3.15. The van der Waals surface area contributed by atoms with E-state index in [4.69, 9.17) is 0 Å². The van der Waals surface area contributed by atoms with E-state index in [1.807, 2.05) is 11.8 Å². The van der Waals surface area contributed by atoms with Gasteiger partial charge in [0.2, 0.25) is 0 Å². The molecule has 11 heteroatoms. The smallest absolute Gasteiger partial charge is 0.354 e. The fourth-order valence-electron chi connectivity index (χ4n) is 3.54. The van der Waals surface area contributed by atoms with Crippen LogP contribution in [0, 0.1) is 11.6 Å². The topological polar surface area (TPSA) is 49.6 Å². The Balaban J connectivity index is 1.55. The summed E-state index contributed by atoms with van der Waals surface area (Å²) in [5.41, 5.74) is -0.654. The number of rotatable bonds is 3. The highest BCUT2D eigenvalue weighted by Crippen LogP contribution is 2.31. The van der Waals surface area contributed by atoms with E-state index in [-0.39, 0.29) is 17.6 Å². The Morgan fingerprint density at radius 1 is 1.03 bits per heavy atom. The normalized spacial score (nSPS) is 17.1. The summed E-state index contributed by atoms with van der Waals surface area (Å²) in [7, 11) is 0. The van der Waals surface area contributed by atoms with Crippen LogP contribution in [0.3, 0.4) is 0 Å². The van der Waals surface area contributed by atoms with E-state index in [1.165, 1.54) is 16.6 Å². The van der Waals surface area contributed by atoms with Gasteiger partial charge in [-0.05, 0) is 13.0 Å². The van der Waals surface area contributed by atoms with Crippen LogP contribution >= 0.6 is 0 Å². The van der Waals surface area contributed by atoms with Gasteiger partial charge in [-0.2, -0.15) is 27.8 Å². The second kappa shape index (κ2) is 7.21. The molecule has 3 aromatic rings. The molecule has 29 heavy (non-hydrogen) atoms. The van der Waals surface area contributed by atoms with Crippen LogP contribution in [0.2, 0.25) is 0 Å². The minimum absolute atomic E-state index is 0.126. The molecule has 1 aromatic carbocycles. The molecule has 1 unspecified atom stereocenters. The minimum atomic E-state index is -4.60. The standard InChI is InChI=1S/C18H17F5N6/c1-11(13-3-2-12(19)8-14(13)20)27-4-6-28(7-5-27)16-9-15(18(21,22)23)26-17-24-10-25-29(16)17/h2-3,8-11H,4-7H2,1H3. The molecule has 3 heterocycles. The van der Waals surface area contributed by atoms with E-state index in [0.29, 0.717) is 31.7 Å². The maximum Gasteiger partial charge on any atom is 0.433 e. The molecule has 0 bridgehead atoms. The van der Waals surface area contributed by atoms with Gasteiger partial charge >= 0.3 is 6.18 Å². The second-order valence-corrected chi connectivity index (χ2v) is 6.83. The lowest BCUT2D eigenvalue weighted by Crippen LogP contribution is -2.48. The van der Waals surface area contributed by atoms with Crippen LogP contribution in [0.4, 0.5) is 27.8 Å². The van der Waals surface area contributed by atoms with Gasteiger partial charge in [-0.1, -0.05) is 6.07 Å². The zero-order valence-corrected chi connectivity index (χ0v) is 15.4. The summed E-state index contributed by atoms with van der Waals surface area (Å²) in [6, 6.07) is 4.13. The number of hydrogen-bond acceptors (Lipinski definition) is 5. The number of hydrogen-bond donors (Lipinski definition) is 0. The van der Waals surface area contributed by atoms with Crippen molar-refractivity contribution in [1.82, 2.24) is 24.5 Å². The molecule has 154 valence electrons. The first-order valence-corrected chi connectivity index (χ1v) is 8.96. The van der Waals surface area contributed by atoms with E-state index in [2.05, 4.69) is 15.1 Å². The van der Waals surface area contributed by atoms with E-state index >= 15 is 0 Å². The number of aromatic nitrogens is 4. The number of fused-ring (bicyclic) bond motifs is 1. The van der Waals surface area contributed by atoms with Gasteiger partial charge in [0.1, 0.15) is 23.8 Å². The fraction of sp³-hybridized carbons (Fsp3) is 0.389. The summed E-state index contributed by atoms with van der Waals surface area (Å²) >= 11 is 0. The summed E-state index contributed by atoms with van der Waals surface area (Å²) in [6.45, 7) is 3.60. The van der Waals surface area contributed by atoms with Crippen LogP contribution in [-0.2, 0) is 6.18 Å². The molecule has 1 aliphatic rings. The maximum atomic E-state index is 14.1. The van der Waals surface area contributed by atoms with Crippen molar-refractivity contribution in [1.29, 1.82) is 0 Å². The van der Waals surface area contributed by atoms with Crippen molar-refractivity contribution in [2.45, 2.75) is 19.1 Å². The SMILES string of the molecule is CC(c1ccc(F)cc1F)N1CCN(c2cc(C(F)(F)F)nc3ncnn23)CC1. The number of alkyl halides is 3. The lowest BCUT2D eigenvalue weighted by atomic mass is 10.1. The summed E-state index contributed by atoms with van der Waals surface area (Å²) in [6.07, 6.45) is -3.44. The lowest BCUT2D eigenvalue weighted by Gasteiger charge is -2.39. The predicted molar refractivity (Wildman–Crippen MR) is 94.3 cm³/mol. The van der Waals surface area contributed by atoms with Crippen molar-refractivity contribution in [2.75, 3.05) is 31.1 Å². The minimum Gasteiger partial charge on any atom is -0.354 e. The van der Waals surface area contributed by atoms with Gasteiger partial charge < -0.3 is 4.90 Å². The Kier molecular flexibility index (Phi) is 4.85. The van der Waals surface area contributed by atoms with Gasteiger partial charge in [-0.25, -0.2) is 13.8 Å². The summed E-state index contributed by atoms with van der Waals surface area (Å²) in [5, 5.41) is 3.97. The van der Waals surface area contributed by atoms with Gasteiger partial charge in [-0.3, -0.25) is 4.90 Å². The van der Waals surface area contributed by atoms with E-state index in [1.54, 1.807) is 4.90 Å². The third-order valence-electron chi connectivity index (χ3n) is 5.12. The Morgan fingerprint density at radius 2 is 1.76 bits per heavy atom. The van der Waals surface area contributed by atoms with Gasteiger partial charge in [0.15, 0.2) is 5.69 Å². The number of nitrogens with zero attached hydrogens (tertiary/aromatic N) is 6. The van der Waals surface area contributed by atoms with E-state index < -0.39 is 23.5 Å². The Morgan fingerprint density at radius 3 is 2.41 bits per heavy atom. The van der Waals surface area contributed by atoms with Crippen molar-refractivity contribution in [3.8, 4) is 0 Å². The summed E-state index contributed by atoms with van der Waals surface area (Å²) in [5.74, 6) is -1.13. The van der Waals surface area contributed by atoms with Crippen LogP contribution in [0.25, 0.3) is 5.78 Å². The first-order chi connectivity index (χ1) is 13.7. The van der Waals surface area contributed by atoms with E-state index in [9.17, 15) is 22.0 Å². The molecule has 4 rings (SSSR count). The largest absolute Gasteiger partial charge is 0.433 e. The molecule has 0 saturated carbocycles. The molecule has 0 aliphatic carbocycles. The third kappa shape index (κ3) is 3.74. The number of anilines is 1. The van der Waals surface area contributed by atoms with Crippen LogP contribution in [0.1, 0.15) is 24.2 Å². The van der Waals surface area contributed by atoms with Crippen LogP contribution in [0.5, 0.6) is 0 Å². The highest BCUT2D eigenvalue weighted by atomic mass is 19.4. The highest BCUT2D eigenvalue weighted by molar-refractivity contribution is 5.48. The molecule has 1 fully saturated rings. The molecule has 6 nitrogen and oxygen atoms in total. The molecular formula is C18H17F5N6. The fourth-order valence-corrected chi connectivity index (χ4v) is 3.54. The predicted octanol–water partition coefficient (Wildman–Crippen LogP) is 3.30. The Bertz CT molecular complexity index is 1030. The maximum absolute atomic E-state index is 14.1. The second-order valence-electron chi connectivity index (χ2n) is 6.83. The van der Waals surface area contributed by atoms with E-state index in [0.717, 1.165) is 18.5 Å². The Labute approximate surface area is 162 Å². The molecule has 2 aromatic heterocycles. The Hall–Kier alpha value is -2.82. The molecule has 0 N–H and O–H groups in total. The highest BCUT2D eigenvalue weighted by Gasteiger charge is 2.35. The molecule has 1 saturated heterocycles. The van der Waals surface area contributed by atoms with Gasteiger partial charge in [0.05, 0.1) is 0 Å². The number of benzene rings is 1. The quantitative estimate of drug-likeness (QED) is 0.618.